The van der Waals surface area contributed by atoms with E-state index in [9.17, 15) is 4.79 Å². The lowest BCUT2D eigenvalue weighted by atomic mass is 9.74. The molecule has 0 aliphatic carbocycles. The Morgan fingerprint density at radius 3 is 2.38 bits per heavy atom. The highest BCUT2D eigenvalue weighted by molar-refractivity contribution is 5.76. The van der Waals surface area contributed by atoms with E-state index in [1.54, 1.807) is 0 Å². The SMILES string of the molecule is CCC(C)(C)CC(C)(C)C(=O)OCC1CO1. The van der Waals surface area contributed by atoms with Gasteiger partial charge in [0, 0.05) is 0 Å². The highest BCUT2D eigenvalue weighted by atomic mass is 16.6. The summed E-state index contributed by atoms with van der Waals surface area (Å²) in [6, 6.07) is 0. The molecule has 0 bridgehead atoms. The third-order valence-electron chi connectivity index (χ3n) is 3.23. The monoisotopic (exact) mass is 228 g/mol. The molecule has 94 valence electrons. The molecular formula is C13H24O3. The summed E-state index contributed by atoms with van der Waals surface area (Å²) in [7, 11) is 0. The Kier molecular flexibility index (Phi) is 4.00. The van der Waals surface area contributed by atoms with Gasteiger partial charge in [0.2, 0.25) is 0 Å². The van der Waals surface area contributed by atoms with Crippen LogP contribution in [0.3, 0.4) is 0 Å². The molecule has 16 heavy (non-hydrogen) atoms. The molecule has 0 radical (unpaired) electrons. The van der Waals surface area contributed by atoms with Crippen molar-refractivity contribution in [1.82, 2.24) is 0 Å². The molecule has 1 fully saturated rings. The number of carbonyl (C=O) groups is 1. The molecule has 1 heterocycles. The molecular weight excluding hydrogens is 204 g/mol. The Hall–Kier alpha value is -0.570. The summed E-state index contributed by atoms with van der Waals surface area (Å²) >= 11 is 0. The fourth-order valence-electron chi connectivity index (χ4n) is 1.92. The predicted octanol–water partition coefficient (Wildman–Crippen LogP) is 2.78. The molecule has 0 aromatic carbocycles. The summed E-state index contributed by atoms with van der Waals surface area (Å²) in [6.07, 6.45) is 2.06. The van der Waals surface area contributed by atoms with Gasteiger partial charge in [0.15, 0.2) is 0 Å². The van der Waals surface area contributed by atoms with Crippen LogP contribution in [0, 0.1) is 10.8 Å². The van der Waals surface area contributed by atoms with Crippen molar-refractivity contribution in [2.24, 2.45) is 10.8 Å². The Balaban J connectivity index is 2.43. The highest BCUT2D eigenvalue weighted by Crippen LogP contribution is 2.36. The zero-order chi connectivity index (χ0) is 12.4. The quantitative estimate of drug-likeness (QED) is 0.518. The Bertz CT molecular complexity index is 252. The molecule has 1 unspecified atom stereocenters. The summed E-state index contributed by atoms with van der Waals surface area (Å²) < 4.78 is 10.3. The van der Waals surface area contributed by atoms with Crippen LogP contribution in [-0.4, -0.2) is 25.3 Å². The van der Waals surface area contributed by atoms with Crippen molar-refractivity contribution >= 4 is 5.97 Å². The van der Waals surface area contributed by atoms with Gasteiger partial charge >= 0.3 is 5.97 Å². The van der Waals surface area contributed by atoms with Crippen LogP contribution in [0.15, 0.2) is 0 Å². The van der Waals surface area contributed by atoms with Crippen molar-refractivity contribution in [2.45, 2.75) is 53.6 Å². The van der Waals surface area contributed by atoms with Crippen LogP contribution in [0.1, 0.15) is 47.5 Å². The number of hydrogen-bond donors (Lipinski definition) is 0. The van der Waals surface area contributed by atoms with Gasteiger partial charge in [-0.15, -0.1) is 0 Å². The number of rotatable bonds is 6. The molecule has 1 rings (SSSR count). The van der Waals surface area contributed by atoms with E-state index in [4.69, 9.17) is 9.47 Å². The number of hydrogen-bond acceptors (Lipinski definition) is 3. The number of epoxide rings is 1. The van der Waals surface area contributed by atoms with E-state index in [2.05, 4.69) is 20.8 Å². The molecule has 0 amide bonds. The van der Waals surface area contributed by atoms with E-state index in [1.807, 2.05) is 13.8 Å². The number of carbonyl (C=O) groups excluding carboxylic acids is 1. The third kappa shape index (κ3) is 4.12. The molecule has 0 N–H and O–H groups in total. The maximum Gasteiger partial charge on any atom is 0.311 e. The third-order valence-corrected chi connectivity index (χ3v) is 3.23. The first-order valence-corrected chi connectivity index (χ1v) is 6.06. The van der Waals surface area contributed by atoms with Gasteiger partial charge < -0.3 is 9.47 Å². The molecule has 0 saturated carbocycles. The van der Waals surface area contributed by atoms with Crippen LogP contribution in [0.4, 0.5) is 0 Å². The first kappa shape index (κ1) is 13.5. The second kappa shape index (κ2) is 4.74. The first-order valence-electron chi connectivity index (χ1n) is 6.06. The van der Waals surface area contributed by atoms with Crippen LogP contribution < -0.4 is 0 Å². The van der Waals surface area contributed by atoms with Crippen molar-refractivity contribution in [3.63, 3.8) is 0 Å². The summed E-state index contributed by atoms with van der Waals surface area (Å²) in [5.74, 6) is -0.107. The zero-order valence-electron chi connectivity index (χ0n) is 11.1. The van der Waals surface area contributed by atoms with Gasteiger partial charge in [-0.2, -0.15) is 0 Å². The van der Waals surface area contributed by atoms with E-state index in [-0.39, 0.29) is 17.5 Å². The van der Waals surface area contributed by atoms with E-state index < -0.39 is 5.41 Å². The van der Waals surface area contributed by atoms with Gasteiger partial charge in [-0.1, -0.05) is 27.2 Å². The van der Waals surface area contributed by atoms with E-state index in [0.717, 1.165) is 19.4 Å². The van der Waals surface area contributed by atoms with Gasteiger partial charge in [0.25, 0.3) is 0 Å². The minimum atomic E-state index is -0.408. The number of esters is 1. The second-order valence-electron chi connectivity index (χ2n) is 6.13. The van der Waals surface area contributed by atoms with Gasteiger partial charge in [-0.25, -0.2) is 0 Å². The van der Waals surface area contributed by atoms with Crippen molar-refractivity contribution in [2.75, 3.05) is 13.2 Å². The summed E-state index contributed by atoms with van der Waals surface area (Å²) in [6.45, 7) is 11.6. The molecule has 1 saturated heterocycles. The fourth-order valence-corrected chi connectivity index (χ4v) is 1.92. The minimum Gasteiger partial charge on any atom is -0.462 e. The normalized spacial score (nSPS) is 20.7. The maximum absolute atomic E-state index is 11.9. The maximum atomic E-state index is 11.9. The standard InChI is InChI=1S/C13H24O3/c1-6-12(2,3)9-13(4,5)11(14)16-8-10-7-15-10/h10H,6-9H2,1-5H3. The van der Waals surface area contributed by atoms with Crippen LogP contribution in [0.25, 0.3) is 0 Å². The summed E-state index contributed by atoms with van der Waals surface area (Å²) in [5, 5.41) is 0. The minimum absolute atomic E-state index is 0.107. The zero-order valence-corrected chi connectivity index (χ0v) is 11.1. The van der Waals surface area contributed by atoms with Gasteiger partial charge in [0.05, 0.1) is 12.0 Å². The average molecular weight is 228 g/mol. The van der Waals surface area contributed by atoms with Crippen LogP contribution in [0.2, 0.25) is 0 Å². The largest absolute Gasteiger partial charge is 0.462 e. The van der Waals surface area contributed by atoms with Gasteiger partial charge in [-0.05, 0) is 25.7 Å². The van der Waals surface area contributed by atoms with Crippen LogP contribution in [-0.2, 0) is 14.3 Å². The molecule has 1 aliphatic heterocycles. The Morgan fingerprint density at radius 1 is 1.38 bits per heavy atom. The summed E-state index contributed by atoms with van der Waals surface area (Å²) in [4.78, 5) is 11.9. The molecule has 1 atom stereocenters. The van der Waals surface area contributed by atoms with E-state index in [0.29, 0.717) is 6.61 Å². The Morgan fingerprint density at radius 2 is 1.94 bits per heavy atom. The Labute approximate surface area is 98.5 Å². The predicted molar refractivity (Wildman–Crippen MR) is 63.2 cm³/mol. The highest BCUT2D eigenvalue weighted by Gasteiger charge is 2.36. The van der Waals surface area contributed by atoms with Gasteiger partial charge in [-0.3, -0.25) is 4.79 Å². The lowest BCUT2D eigenvalue weighted by Gasteiger charge is -2.32. The molecule has 3 heteroatoms. The number of ether oxygens (including phenoxy) is 2. The molecule has 0 aromatic heterocycles. The van der Waals surface area contributed by atoms with Crippen molar-refractivity contribution in [3.05, 3.63) is 0 Å². The van der Waals surface area contributed by atoms with Crippen molar-refractivity contribution < 1.29 is 14.3 Å². The second-order valence-corrected chi connectivity index (χ2v) is 6.13. The first-order chi connectivity index (χ1) is 7.27. The van der Waals surface area contributed by atoms with E-state index >= 15 is 0 Å². The smallest absolute Gasteiger partial charge is 0.311 e. The van der Waals surface area contributed by atoms with Crippen molar-refractivity contribution in [3.8, 4) is 0 Å². The van der Waals surface area contributed by atoms with E-state index in [1.165, 1.54) is 0 Å². The lowest BCUT2D eigenvalue weighted by Crippen LogP contribution is -2.32. The molecule has 0 aromatic rings. The molecule has 0 spiro atoms. The topological polar surface area (TPSA) is 38.8 Å². The average Bonchev–Trinajstić information content (AvgIpc) is 2.96. The molecule has 3 nitrogen and oxygen atoms in total. The van der Waals surface area contributed by atoms with Crippen molar-refractivity contribution in [1.29, 1.82) is 0 Å². The lowest BCUT2D eigenvalue weighted by molar-refractivity contribution is -0.156. The fraction of sp³-hybridized carbons (Fsp3) is 0.923. The summed E-state index contributed by atoms with van der Waals surface area (Å²) in [5.41, 5.74) is -0.229. The van der Waals surface area contributed by atoms with Crippen LogP contribution >= 0.6 is 0 Å². The van der Waals surface area contributed by atoms with Gasteiger partial charge in [0.1, 0.15) is 12.7 Å². The molecule has 1 aliphatic rings. The van der Waals surface area contributed by atoms with Crippen LogP contribution in [0.5, 0.6) is 0 Å².